The van der Waals surface area contributed by atoms with E-state index in [0.717, 1.165) is 0 Å². The lowest BCUT2D eigenvalue weighted by Crippen LogP contribution is -2.27. The Morgan fingerprint density at radius 3 is 2.75 bits per heavy atom. The van der Waals surface area contributed by atoms with Gasteiger partial charge in [-0.05, 0) is 12.8 Å². The zero-order valence-corrected chi connectivity index (χ0v) is 7.55. The van der Waals surface area contributed by atoms with E-state index in [1.165, 1.54) is 7.11 Å². The number of methoxy groups -OCH3 is 1. The van der Waals surface area contributed by atoms with Crippen LogP contribution in [0.5, 0.6) is 0 Å². The van der Waals surface area contributed by atoms with Crippen molar-refractivity contribution in [2.45, 2.75) is 19.9 Å². The van der Waals surface area contributed by atoms with Crippen LogP contribution in [0, 0.1) is 23.7 Å². The van der Waals surface area contributed by atoms with Crippen molar-refractivity contribution in [2.24, 2.45) is 11.8 Å². The van der Waals surface area contributed by atoms with E-state index in [4.69, 9.17) is 0 Å². The summed E-state index contributed by atoms with van der Waals surface area (Å²) in [5.41, 5.74) is 0. The van der Waals surface area contributed by atoms with Gasteiger partial charge in [0.1, 0.15) is 0 Å². The molecule has 1 aliphatic rings. The normalized spacial score (nSPS) is 31.4. The molecule has 1 rings (SSSR count). The number of hydrogen-bond donors (Lipinski definition) is 1. The van der Waals surface area contributed by atoms with Gasteiger partial charge in [-0.2, -0.15) is 0 Å². The lowest BCUT2D eigenvalue weighted by molar-refractivity contribution is 0.170. The molecule has 1 saturated carbocycles. The highest BCUT2D eigenvalue weighted by molar-refractivity contribution is 5.68. The highest BCUT2D eigenvalue weighted by Gasteiger charge is 2.46. The molecule has 3 heteroatoms. The van der Waals surface area contributed by atoms with Crippen LogP contribution in [0.15, 0.2) is 0 Å². The summed E-state index contributed by atoms with van der Waals surface area (Å²) in [5, 5.41) is 2.72. The summed E-state index contributed by atoms with van der Waals surface area (Å²) in [6, 6.07) is 0.185. The van der Waals surface area contributed by atoms with Gasteiger partial charge in [0.15, 0.2) is 0 Å². The Hall–Kier alpha value is -1.17. The lowest BCUT2D eigenvalue weighted by atomic mass is 10.3. The maximum Gasteiger partial charge on any atom is 0.407 e. The molecule has 1 amide bonds. The Kier molecular flexibility index (Phi) is 2.59. The zero-order valence-electron chi connectivity index (χ0n) is 7.55. The van der Waals surface area contributed by atoms with E-state index in [1.54, 1.807) is 6.92 Å². The summed E-state index contributed by atoms with van der Waals surface area (Å²) in [5.74, 6) is 6.64. The fourth-order valence-corrected chi connectivity index (χ4v) is 1.27. The van der Waals surface area contributed by atoms with Gasteiger partial charge in [-0.1, -0.05) is 12.8 Å². The van der Waals surface area contributed by atoms with Gasteiger partial charge in [0, 0.05) is 5.92 Å². The molecule has 2 unspecified atom stereocenters. The minimum atomic E-state index is -0.368. The van der Waals surface area contributed by atoms with Crippen molar-refractivity contribution in [1.82, 2.24) is 5.32 Å². The van der Waals surface area contributed by atoms with Gasteiger partial charge in [0.25, 0.3) is 0 Å². The minimum absolute atomic E-state index is 0.185. The number of alkyl carbamates (subject to hydrolysis) is 1. The van der Waals surface area contributed by atoms with Gasteiger partial charge < -0.3 is 10.1 Å². The predicted molar refractivity (Wildman–Crippen MR) is 45.4 cm³/mol. The lowest BCUT2D eigenvalue weighted by Gasteiger charge is -1.99. The van der Waals surface area contributed by atoms with E-state index in [1.807, 2.05) is 0 Å². The topological polar surface area (TPSA) is 38.3 Å². The zero-order chi connectivity index (χ0) is 9.14. The highest BCUT2D eigenvalue weighted by Crippen LogP contribution is 2.37. The third kappa shape index (κ3) is 1.70. The van der Waals surface area contributed by atoms with Crippen LogP contribution in [-0.2, 0) is 4.74 Å². The Morgan fingerprint density at radius 1 is 1.58 bits per heavy atom. The van der Waals surface area contributed by atoms with Crippen molar-refractivity contribution < 1.29 is 9.53 Å². The second kappa shape index (κ2) is 3.48. The number of nitrogens with one attached hydrogen (secondary N) is 1. The Bertz CT molecular complexity index is 239. The Labute approximate surface area is 72.5 Å². The summed E-state index contributed by atoms with van der Waals surface area (Å²) in [4.78, 5) is 10.8. The molecule has 0 saturated heterocycles. The molecular weight excluding hydrogens is 154 g/mol. The number of carbonyl (C=O) groups is 1. The van der Waals surface area contributed by atoms with Gasteiger partial charge in [-0.15, -0.1) is 5.92 Å². The molecule has 66 valence electrons. The van der Waals surface area contributed by atoms with Crippen LogP contribution >= 0.6 is 0 Å². The second-order valence-corrected chi connectivity index (χ2v) is 2.94. The average Bonchev–Trinajstić information content (AvgIpc) is 2.64. The maximum atomic E-state index is 10.8. The molecule has 0 aromatic rings. The van der Waals surface area contributed by atoms with Gasteiger partial charge in [-0.25, -0.2) is 4.79 Å². The van der Waals surface area contributed by atoms with Crippen LogP contribution in [0.1, 0.15) is 13.8 Å². The van der Waals surface area contributed by atoms with Gasteiger partial charge >= 0.3 is 6.09 Å². The van der Waals surface area contributed by atoms with Gasteiger partial charge in [0.2, 0.25) is 0 Å². The first-order valence-electron chi connectivity index (χ1n) is 3.97. The van der Waals surface area contributed by atoms with Crippen LogP contribution < -0.4 is 5.32 Å². The fourth-order valence-electron chi connectivity index (χ4n) is 1.27. The van der Waals surface area contributed by atoms with Crippen LogP contribution in [-0.4, -0.2) is 19.2 Å². The monoisotopic (exact) mass is 167 g/mol. The number of carbonyl (C=O) groups excluding carboxylic acids is 1. The van der Waals surface area contributed by atoms with Gasteiger partial charge in [0.05, 0.1) is 13.2 Å². The molecule has 0 aromatic carbocycles. The quantitative estimate of drug-likeness (QED) is 0.592. The van der Waals surface area contributed by atoms with Crippen molar-refractivity contribution in [3.63, 3.8) is 0 Å². The third-order valence-electron chi connectivity index (χ3n) is 2.16. The van der Waals surface area contributed by atoms with Crippen molar-refractivity contribution in [3.05, 3.63) is 0 Å². The Balaban J connectivity index is 2.36. The molecule has 12 heavy (non-hydrogen) atoms. The molecule has 1 N–H and O–H groups in total. The predicted octanol–water partition coefficient (Wildman–Crippen LogP) is 1.00. The van der Waals surface area contributed by atoms with Crippen molar-refractivity contribution in [2.75, 3.05) is 7.11 Å². The second-order valence-electron chi connectivity index (χ2n) is 2.94. The van der Waals surface area contributed by atoms with E-state index in [-0.39, 0.29) is 12.1 Å². The molecule has 1 fully saturated rings. The van der Waals surface area contributed by atoms with Crippen molar-refractivity contribution in [3.8, 4) is 11.8 Å². The third-order valence-corrected chi connectivity index (χ3v) is 2.16. The molecule has 3 atom stereocenters. The largest absolute Gasteiger partial charge is 0.453 e. The molecule has 0 aromatic heterocycles. The molecule has 0 radical (unpaired) electrons. The van der Waals surface area contributed by atoms with Crippen LogP contribution in [0.4, 0.5) is 4.79 Å². The molecule has 0 spiro atoms. The van der Waals surface area contributed by atoms with Crippen molar-refractivity contribution in [1.29, 1.82) is 0 Å². The summed E-state index contributed by atoms with van der Waals surface area (Å²) in [6.07, 6.45) is -0.368. The first-order chi connectivity index (χ1) is 5.70. The molecule has 0 heterocycles. The molecule has 3 nitrogen and oxygen atoms in total. The highest BCUT2D eigenvalue weighted by atomic mass is 16.5. The Morgan fingerprint density at radius 2 is 2.25 bits per heavy atom. The summed E-state index contributed by atoms with van der Waals surface area (Å²) in [7, 11) is 1.36. The van der Waals surface area contributed by atoms with E-state index in [2.05, 4.69) is 28.8 Å². The van der Waals surface area contributed by atoms with E-state index in [9.17, 15) is 4.79 Å². The van der Waals surface area contributed by atoms with E-state index in [0.29, 0.717) is 11.8 Å². The average molecular weight is 167 g/mol. The van der Waals surface area contributed by atoms with Crippen molar-refractivity contribution >= 4 is 6.09 Å². The van der Waals surface area contributed by atoms with E-state index < -0.39 is 0 Å². The fraction of sp³-hybridized carbons (Fsp3) is 0.667. The first kappa shape index (κ1) is 8.92. The number of amides is 1. The number of ether oxygens (including phenoxy) is 1. The first-order valence-corrected chi connectivity index (χ1v) is 3.97. The van der Waals surface area contributed by atoms with Gasteiger partial charge in [-0.3, -0.25) is 0 Å². The molecular formula is C9H13NO2. The summed E-state index contributed by atoms with van der Waals surface area (Å²) >= 11 is 0. The summed E-state index contributed by atoms with van der Waals surface area (Å²) in [6.45, 7) is 3.87. The molecule has 1 aliphatic carbocycles. The summed E-state index contributed by atoms with van der Waals surface area (Å²) < 4.78 is 4.48. The number of hydrogen-bond acceptors (Lipinski definition) is 2. The smallest absolute Gasteiger partial charge is 0.407 e. The molecule has 0 bridgehead atoms. The maximum absolute atomic E-state index is 10.8. The number of rotatable bonds is 1. The molecule has 0 aliphatic heterocycles. The standard InChI is InChI=1S/C9H13NO2/c1-4-5-7-6(2)8(7)10-9(11)12-3/h6-8H,1-3H3,(H,10,11)/t6-,7?,8?/m1/s1. The van der Waals surface area contributed by atoms with Crippen LogP contribution in [0.25, 0.3) is 0 Å². The van der Waals surface area contributed by atoms with Crippen LogP contribution in [0.3, 0.4) is 0 Å². The SMILES string of the molecule is CC#CC1C(NC(=O)OC)[C@@H]1C. The van der Waals surface area contributed by atoms with E-state index >= 15 is 0 Å². The minimum Gasteiger partial charge on any atom is -0.453 e. The van der Waals surface area contributed by atoms with Crippen LogP contribution in [0.2, 0.25) is 0 Å².